The van der Waals surface area contributed by atoms with Crippen LogP contribution in [-0.2, 0) is 20.9 Å². The second kappa shape index (κ2) is 15.9. The number of amides is 2. The van der Waals surface area contributed by atoms with Crippen molar-refractivity contribution in [2.75, 3.05) is 26.3 Å². The van der Waals surface area contributed by atoms with E-state index < -0.39 is 5.97 Å². The normalized spacial score (nSPS) is 18.5. The number of nitrogens with one attached hydrogen (secondary N) is 1. The summed E-state index contributed by atoms with van der Waals surface area (Å²) in [7, 11) is 0. The van der Waals surface area contributed by atoms with Gasteiger partial charge in [-0.25, -0.2) is 0 Å². The fourth-order valence-electron chi connectivity index (χ4n) is 6.77. The number of fused-ring (bicyclic) bond motifs is 2. The van der Waals surface area contributed by atoms with E-state index in [0.29, 0.717) is 66.4 Å². The summed E-state index contributed by atoms with van der Waals surface area (Å²) >= 11 is 12.9. The lowest BCUT2D eigenvalue weighted by Crippen LogP contribution is -2.62. The van der Waals surface area contributed by atoms with Crippen LogP contribution in [0.2, 0.25) is 10.0 Å². The predicted octanol–water partition coefficient (Wildman–Crippen LogP) is 6.84. The third-order valence-corrected chi connectivity index (χ3v) is 10.3. The zero-order chi connectivity index (χ0) is 35.4. The number of hydrogen-bond donors (Lipinski definition) is 2. The number of aryl methyl sites for hydroxylation is 2. The van der Waals surface area contributed by atoms with Crippen molar-refractivity contribution in [3.63, 3.8) is 0 Å². The summed E-state index contributed by atoms with van der Waals surface area (Å²) < 4.78 is 11.9. The lowest BCUT2D eigenvalue weighted by molar-refractivity contribution is -0.138. The summed E-state index contributed by atoms with van der Waals surface area (Å²) in [6.07, 6.45) is 2.82. The molecule has 3 aromatic rings. The van der Waals surface area contributed by atoms with Gasteiger partial charge >= 0.3 is 5.97 Å². The average molecular weight is 721 g/mol. The molecule has 3 aliphatic rings. The van der Waals surface area contributed by atoms with E-state index in [1.165, 1.54) is 0 Å². The van der Waals surface area contributed by atoms with Gasteiger partial charge in [-0.15, -0.1) is 0 Å². The first-order chi connectivity index (χ1) is 24.1. The summed E-state index contributed by atoms with van der Waals surface area (Å²) in [6.45, 7) is 5.92. The van der Waals surface area contributed by atoms with Crippen molar-refractivity contribution in [3.8, 4) is 11.5 Å². The maximum absolute atomic E-state index is 14.7. The summed E-state index contributed by atoms with van der Waals surface area (Å²) in [5.74, 6) is 0.257. The third kappa shape index (κ3) is 8.63. The highest BCUT2D eigenvalue weighted by Crippen LogP contribution is 2.38. The first-order valence-electron chi connectivity index (χ1n) is 17.2. The lowest BCUT2D eigenvalue weighted by atomic mass is 9.82. The number of carboxylic acids is 1. The van der Waals surface area contributed by atoms with Crippen molar-refractivity contribution in [1.82, 2.24) is 15.1 Å². The first kappa shape index (κ1) is 35.8. The van der Waals surface area contributed by atoms with E-state index in [4.69, 9.17) is 37.8 Å². The van der Waals surface area contributed by atoms with Gasteiger partial charge in [-0.2, -0.15) is 0 Å². The Kier molecular flexibility index (Phi) is 11.4. The van der Waals surface area contributed by atoms with Crippen LogP contribution in [0.5, 0.6) is 11.5 Å². The average Bonchev–Trinajstić information content (AvgIpc) is 3.93. The van der Waals surface area contributed by atoms with Crippen molar-refractivity contribution in [1.29, 1.82) is 0 Å². The molecule has 9 nitrogen and oxygen atoms in total. The van der Waals surface area contributed by atoms with Gasteiger partial charge in [0.05, 0.1) is 11.1 Å². The Morgan fingerprint density at radius 3 is 2.36 bits per heavy atom. The summed E-state index contributed by atoms with van der Waals surface area (Å²) in [4.78, 5) is 42.7. The van der Waals surface area contributed by atoms with Gasteiger partial charge in [-0.1, -0.05) is 53.5 Å². The van der Waals surface area contributed by atoms with Crippen LogP contribution in [-0.4, -0.2) is 77.1 Å². The van der Waals surface area contributed by atoms with Crippen LogP contribution >= 0.6 is 23.2 Å². The molecule has 3 aromatic carbocycles. The van der Waals surface area contributed by atoms with Gasteiger partial charge in [0.15, 0.2) is 0 Å². The molecule has 0 unspecified atom stereocenters. The monoisotopic (exact) mass is 719 g/mol. The molecule has 1 saturated heterocycles. The van der Waals surface area contributed by atoms with E-state index in [9.17, 15) is 14.4 Å². The largest absolute Gasteiger partial charge is 0.490 e. The maximum atomic E-state index is 14.7. The number of carbonyl (C=O) groups excluding carboxylic acids is 2. The minimum Gasteiger partial charge on any atom is -0.490 e. The number of rotatable bonds is 14. The number of nitrogens with zero attached hydrogens (tertiary/aromatic N) is 2. The second-order valence-electron chi connectivity index (χ2n) is 13.4. The fourth-order valence-corrected chi connectivity index (χ4v) is 7.23. The van der Waals surface area contributed by atoms with Crippen molar-refractivity contribution in [2.45, 2.75) is 77.0 Å². The molecular formula is C39H43Cl2N3O6. The smallest absolute Gasteiger partial charge is 0.303 e. The number of ether oxygens (including phenoxy) is 2. The molecule has 11 heteroatoms. The zero-order valence-electron chi connectivity index (χ0n) is 28.4. The van der Waals surface area contributed by atoms with E-state index >= 15 is 0 Å². The molecule has 50 heavy (non-hydrogen) atoms. The van der Waals surface area contributed by atoms with E-state index in [1.54, 1.807) is 4.90 Å². The van der Waals surface area contributed by atoms with E-state index in [-0.39, 0.29) is 49.2 Å². The van der Waals surface area contributed by atoms with Crippen molar-refractivity contribution < 1.29 is 29.0 Å². The van der Waals surface area contributed by atoms with Crippen LogP contribution in [0.1, 0.15) is 60.8 Å². The quantitative estimate of drug-likeness (QED) is 0.176. The van der Waals surface area contributed by atoms with Gasteiger partial charge in [-0.05, 0) is 97.7 Å². The number of carbonyl (C=O) groups is 3. The Labute approximate surface area is 303 Å². The van der Waals surface area contributed by atoms with Gasteiger partial charge in [0.25, 0.3) is 5.91 Å². The fraction of sp³-hybridized carbons (Fsp3) is 0.410. The molecule has 2 atom stereocenters. The highest BCUT2D eigenvalue weighted by molar-refractivity contribution is 6.32. The van der Waals surface area contributed by atoms with E-state index in [1.807, 2.05) is 79.4 Å². The number of aliphatic carboxylic acids is 1. The number of carboxylic acid groups (broad SMARTS) is 1. The number of halogens is 2. The van der Waals surface area contributed by atoms with Gasteiger partial charge in [-0.3, -0.25) is 14.4 Å². The van der Waals surface area contributed by atoms with Gasteiger partial charge in [0.2, 0.25) is 5.91 Å². The molecule has 2 amide bonds. The Hall–Kier alpha value is -4.05. The van der Waals surface area contributed by atoms with Crippen LogP contribution in [0, 0.1) is 13.8 Å². The summed E-state index contributed by atoms with van der Waals surface area (Å²) in [6, 6.07) is 18.9. The Balaban J connectivity index is 1.22. The molecule has 2 aliphatic heterocycles. The molecule has 2 fully saturated rings. The van der Waals surface area contributed by atoms with Crippen LogP contribution in [0.4, 0.5) is 0 Å². The van der Waals surface area contributed by atoms with Crippen molar-refractivity contribution in [3.05, 3.63) is 98.5 Å². The molecular weight excluding hydrogens is 677 g/mol. The molecule has 0 spiro atoms. The van der Waals surface area contributed by atoms with Crippen molar-refractivity contribution >= 4 is 46.6 Å². The minimum absolute atomic E-state index is 0.0491. The Morgan fingerprint density at radius 1 is 0.920 bits per heavy atom. The molecule has 2 N–H and O–H groups in total. The number of piperazine rings is 1. The summed E-state index contributed by atoms with van der Waals surface area (Å²) in [5.41, 5.74) is 5.67. The van der Waals surface area contributed by atoms with Crippen LogP contribution < -0.4 is 14.8 Å². The third-order valence-electron chi connectivity index (χ3n) is 9.68. The van der Waals surface area contributed by atoms with Crippen LogP contribution in [0.15, 0.2) is 66.2 Å². The molecule has 1 saturated carbocycles. The number of hydrogen-bond acceptors (Lipinski definition) is 6. The van der Waals surface area contributed by atoms with E-state index in [0.717, 1.165) is 40.7 Å². The molecule has 2 heterocycles. The number of benzene rings is 3. The van der Waals surface area contributed by atoms with Gasteiger partial charge in [0, 0.05) is 55.2 Å². The molecule has 0 radical (unpaired) electrons. The maximum Gasteiger partial charge on any atom is 0.303 e. The molecule has 0 aromatic heterocycles. The standard InChI is InChI=1S/C39H43Cl2N3O6/c1-24-18-33(41)35(19-25(24)2)50-17-16-49-30-14-10-26(11-15-30)31-20-28-22-43(36(45)8-5-9-37(46)47)23-34(42-28)38(31)39(48)44(29-12-13-29)21-27-6-3-4-7-32(27)40/h3-4,6-7,10-11,14-15,18-19,28-29,34,42H,5,8-9,12-13,16-17,20-23H2,1-2H3,(H,46,47)/t28-,34-/m1/s1. The topological polar surface area (TPSA) is 108 Å². The molecule has 2 bridgehead atoms. The Bertz CT molecular complexity index is 1770. The SMILES string of the molecule is Cc1cc(Cl)c(OCCOc2ccc(C3=C(C(=O)N(Cc4ccccc4Cl)C4CC4)[C@H]4CN(C(=O)CCCC(=O)O)C[C@@H](C3)N4)cc2)cc1C. The van der Waals surface area contributed by atoms with Crippen LogP contribution in [0.25, 0.3) is 5.57 Å². The Morgan fingerprint density at radius 2 is 1.64 bits per heavy atom. The van der Waals surface area contributed by atoms with E-state index in [2.05, 4.69) is 5.32 Å². The molecule has 6 rings (SSSR count). The predicted molar refractivity (Wildman–Crippen MR) is 194 cm³/mol. The second-order valence-corrected chi connectivity index (χ2v) is 14.2. The minimum atomic E-state index is -0.916. The first-order valence-corrected chi connectivity index (χ1v) is 18.0. The molecule has 264 valence electrons. The van der Waals surface area contributed by atoms with Gasteiger partial charge < -0.3 is 29.7 Å². The highest BCUT2D eigenvalue weighted by Gasteiger charge is 2.43. The lowest BCUT2D eigenvalue weighted by Gasteiger charge is -2.45. The highest BCUT2D eigenvalue weighted by atomic mass is 35.5. The zero-order valence-corrected chi connectivity index (χ0v) is 29.9. The van der Waals surface area contributed by atoms with Crippen LogP contribution in [0.3, 0.4) is 0 Å². The molecule has 1 aliphatic carbocycles. The summed E-state index contributed by atoms with van der Waals surface area (Å²) in [5, 5.41) is 13.9. The van der Waals surface area contributed by atoms with Crippen molar-refractivity contribution in [2.24, 2.45) is 0 Å². The van der Waals surface area contributed by atoms with Gasteiger partial charge in [0.1, 0.15) is 24.7 Å².